The van der Waals surface area contributed by atoms with Crippen molar-refractivity contribution in [3.63, 3.8) is 0 Å². The zero-order valence-electron chi connectivity index (χ0n) is 11.3. The summed E-state index contributed by atoms with van der Waals surface area (Å²) in [5, 5.41) is 3.50. The van der Waals surface area contributed by atoms with Crippen LogP contribution in [-0.4, -0.2) is 36.1 Å². The van der Waals surface area contributed by atoms with Crippen molar-refractivity contribution in [2.24, 2.45) is 0 Å². The number of anilines is 1. The Bertz CT molecular complexity index is 364. The Labute approximate surface area is 104 Å². The summed E-state index contributed by atoms with van der Waals surface area (Å²) in [6.45, 7) is 8.93. The lowest BCUT2D eigenvalue weighted by Gasteiger charge is -2.19. The Morgan fingerprint density at radius 1 is 1.35 bits per heavy atom. The molecule has 0 spiro atoms. The second-order valence-corrected chi connectivity index (χ2v) is 6.07. The monoisotopic (exact) mass is 233 g/mol. The lowest BCUT2D eigenvalue weighted by atomic mass is 9.88. The number of hydrogen-bond acceptors (Lipinski definition) is 3. The molecular formula is C14H23N3. The molecule has 0 amide bonds. The number of nitrogens with one attached hydrogen (secondary N) is 1. The van der Waals surface area contributed by atoms with E-state index in [1.54, 1.807) is 0 Å². The van der Waals surface area contributed by atoms with Gasteiger partial charge in [0.15, 0.2) is 0 Å². The topological polar surface area (TPSA) is 28.2 Å². The van der Waals surface area contributed by atoms with Crippen LogP contribution in [0.3, 0.4) is 0 Å². The smallest absolute Gasteiger partial charge is 0.126 e. The molecule has 1 unspecified atom stereocenters. The van der Waals surface area contributed by atoms with Gasteiger partial charge in [0.2, 0.25) is 0 Å². The van der Waals surface area contributed by atoms with E-state index in [1.807, 2.05) is 6.20 Å². The minimum Gasteiger partial charge on any atom is -0.366 e. The van der Waals surface area contributed by atoms with Crippen LogP contribution < -0.4 is 5.32 Å². The molecule has 0 bridgehead atoms. The van der Waals surface area contributed by atoms with E-state index in [-0.39, 0.29) is 5.41 Å². The molecule has 1 aliphatic heterocycles. The van der Waals surface area contributed by atoms with E-state index in [1.165, 1.54) is 18.5 Å². The van der Waals surface area contributed by atoms with Crippen LogP contribution in [0, 0.1) is 0 Å². The Kier molecular flexibility index (Phi) is 3.38. The first-order valence-electron chi connectivity index (χ1n) is 6.37. The molecular weight excluding hydrogens is 210 g/mol. The molecule has 1 aromatic heterocycles. The van der Waals surface area contributed by atoms with Crippen LogP contribution in [-0.2, 0) is 5.41 Å². The predicted molar refractivity (Wildman–Crippen MR) is 72.5 cm³/mol. The second kappa shape index (κ2) is 4.65. The van der Waals surface area contributed by atoms with Crippen molar-refractivity contribution in [1.82, 2.24) is 9.88 Å². The zero-order valence-corrected chi connectivity index (χ0v) is 11.3. The van der Waals surface area contributed by atoms with Crippen molar-refractivity contribution in [1.29, 1.82) is 0 Å². The number of likely N-dealkylation sites (tertiary alicyclic amines) is 1. The van der Waals surface area contributed by atoms with Gasteiger partial charge in [-0.3, -0.25) is 0 Å². The average Bonchev–Trinajstić information content (AvgIpc) is 2.63. The lowest BCUT2D eigenvalue weighted by molar-refractivity contribution is 0.414. The Hall–Kier alpha value is -1.09. The van der Waals surface area contributed by atoms with E-state index in [0.717, 1.165) is 12.4 Å². The third-order valence-corrected chi connectivity index (χ3v) is 3.37. The fourth-order valence-corrected chi connectivity index (χ4v) is 2.18. The maximum atomic E-state index is 4.50. The van der Waals surface area contributed by atoms with Crippen molar-refractivity contribution in [2.45, 2.75) is 38.6 Å². The maximum absolute atomic E-state index is 4.50. The first-order chi connectivity index (χ1) is 7.95. The van der Waals surface area contributed by atoms with Crippen molar-refractivity contribution in [3.05, 3.63) is 23.9 Å². The minimum atomic E-state index is 0.180. The molecule has 2 heterocycles. The number of pyridine rings is 1. The highest BCUT2D eigenvalue weighted by atomic mass is 15.2. The maximum Gasteiger partial charge on any atom is 0.126 e. The summed E-state index contributed by atoms with van der Waals surface area (Å²) in [5.41, 5.74) is 1.46. The SMILES string of the molecule is CN1CCC(Nc2ccc(C(C)(C)C)cn2)C1. The third kappa shape index (κ3) is 3.19. The van der Waals surface area contributed by atoms with Crippen LogP contribution in [0.15, 0.2) is 18.3 Å². The fraction of sp³-hybridized carbons (Fsp3) is 0.643. The number of hydrogen-bond donors (Lipinski definition) is 1. The first-order valence-corrected chi connectivity index (χ1v) is 6.37. The highest BCUT2D eigenvalue weighted by Crippen LogP contribution is 2.22. The molecule has 1 saturated heterocycles. The van der Waals surface area contributed by atoms with Gasteiger partial charge in [-0.2, -0.15) is 0 Å². The van der Waals surface area contributed by atoms with Crippen molar-refractivity contribution in [2.75, 3.05) is 25.5 Å². The number of nitrogens with zero attached hydrogens (tertiary/aromatic N) is 2. The molecule has 0 aromatic carbocycles. The van der Waals surface area contributed by atoms with Crippen molar-refractivity contribution in [3.8, 4) is 0 Å². The number of likely N-dealkylation sites (N-methyl/N-ethyl adjacent to an activating group) is 1. The van der Waals surface area contributed by atoms with E-state index < -0.39 is 0 Å². The van der Waals surface area contributed by atoms with Gasteiger partial charge in [0.05, 0.1) is 0 Å². The number of rotatable bonds is 2. The summed E-state index contributed by atoms with van der Waals surface area (Å²) in [6, 6.07) is 4.82. The van der Waals surface area contributed by atoms with Gasteiger partial charge in [0.25, 0.3) is 0 Å². The summed E-state index contributed by atoms with van der Waals surface area (Å²) in [5.74, 6) is 0.998. The summed E-state index contributed by atoms with van der Waals surface area (Å²) < 4.78 is 0. The minimum absolute atomic E-state index is 0.180. The van der Waals surface area contributed by atoms with Gasteiger partial charge < -0.3 is 10.2 Å². The standard InChI is InChI=1S/C14H23N3/c1-14(2,3)11-5-6-13(15-9-11)16-12-7-8-17(4)10-12/h5-6,9,12H,7-8,10H2,1-4H3,(H,15,16). The lowest BCUT2D eigenvalue weighted by Crippen LogP contribution is -2.24. The summed E-state index contributed by atoms with van der Waals surface area (Å²) in [4.78, 5) is 6.85. The van der Waals surface area contributed by atoms with Crippen LogP contribution >= 0.6 is 0 Å². The molecule has 2 rings (SSSR count). The Balaban J connectivity index is 1.99. The van der Waals surface area contributed by atoms with Crippen molar-refractivity contribution < 1.29 is 0 Å². The quantitative estimate of drug-likeness (QED) is 0.850. The van der Waals surface area contributed by atoms with Gasteiger partial charge >= 0.3 is 0 Å². The molecule has 3 heteroatoms. The van der Waals surface area contributed by atoms with Gasteiger partial charge in [-0.1, -0.05) is 26.8 Å². The fourth-order valence-electron chi connectivity index (χ4n) is 2.18. The van der Waals surface area contributed by atoms with Gasteiger partial charge in [-0.05, 0) is 37.1 Å². The largest absolute Gasteiger partial charge is 0.366 e. The summed E-state index contributed by atoms with van der Waals surface area (Å²) in [7, 11) is 2.16. The molecule has 1 fully saturated rings. The molecule has 1 atom stereocenters. The second-order valence-electron chi connectivity index (χ2n) is 6.07. The van der Waals surface area contributed by atoms with Crippen LogP contribution in [0.1, 0.15) is 32.8 Å². The van der Waals surface area contributed by atoms with E-state index in [9.17, 15) is 0 Å². The molecule has 1 N–H and O–H groups in total. The third-order valence-electron chi connectivity index (χ3n) is 3.37. The van der Waals surface area contributed by atoms with Crippen LogP contribution in [0.5, 0.6) is 0 Å². The van der Waals surface area contributed by atoms with Crippen molar-refractivity contribution >= 4 is 5.82 Å². The van der Waals surface area contributed by atoms with E-state index in [4.69, 9.17) is 0 Å². The van der Waals surface area contributed by atoms with E-state index in [0.29, 0.717) is 6.04 Å². The molecule has 0 radical (unpaired) electrons. The normalized spacial score (nSPS) is 21.8. The van der Waals surface area contributed by atoms with Gasteiger partial charge in [0.1, 0.15) is 5.82 Å². The molecule has 94 valence electrons. The van der Waals surface area contributed by atoms with Crippen LogP contribution in [0.4, 0.5) is 5.82 Å². The molecule has 1 aromatic rings. The van der Waals surface area contributed by atoms with Gasteiger partial charge in [-0.15, -0.1) is 0 Å². The highest BCUT2D eigenvalue weighted by Gasteiger charge is 2.19. The predicted octanol–water partition coefficient (Wildman–Crippen LogP) is 2.50. The Morgan fingerprint density at radius 3 is 2.59 bits per heavy atom. The molecule has 3 nitrogen and oxygen atoms in total. The van der Waals surface area contributed by atoms with Crippen LogP contribution in [0.25, 0.3) is 0 Å². The highest BCUT2D eigenvalue weighted by molar-refractivity contribution is 5.38. The summed E-state index contributed by atoms with van der Waals surface area (Å²) in [6.07, 6.45) is 3.19. The van der Waals surface area contributed by atoms with Gasteiger partial charge in [0, 0.05) is 18.8 Å². The van der Waals surface area contributed by atoms with E-state index in [2.05, 4.69) is 55.2 Å². The van der Waals surface area contributed by atoms with Gasteiger partial charge in [-0.25, -0.2) is 4.98 Å². The zero-order chi connectivity index (χ0) is 12.5. The average molecular weight is 233 g/mol. The summed E-state index contributed by atoms with van der Waals surface area (Å²) >= 11 is 0. The first kappa shape index (κ1) is 12.4. The molecule has 0 aliphatic carbocycles. The molecule has 17 heavy (non-hydrogen) atoms. The van der Waals surface area contributed by atoms with Crippen LogP contribution in [0.2, 0.25) is 0 Å². The van der Waals surface area contributed by atoms with E-state index >= 15 is 0 Å². The Morgan fingerprint density at radius 2 is 2.12 bits per heavy atom. The molecule has 1 aliphatic rings. The number of aromatic nitrogens is 1. The molecule has 0 saturated carbocycles.